The van der Waals surface area contributed by atoms with Gasteiger partial charge in [0.1, 0.15) is 6.17 Å². The lowest BCUT2D eigenvalue weighted by molar-refractivity contribution is 0.590. The standard InChI is InChI=1S/C17H20N2/c1-17(2,3)13-10-8-12(9-11-13)16-18-14-6-4-5-7-15(14)19-16/h4-11,16,18-19H,1-3H3. The highest BCUT2D eigenvalue weighted by Crippen LogP contribution is 2.35. The fraction of sp³-hybridized carbons (Fsp3) is 0.294. The van der Waals surface area contributed by atoms with Crippen molar-refractivity contribution in [2.75, 3.05) is 10.6 Å². The summed E-state index contributed by atoms with van der Waals surface area (Å²) in [5.74, 6) is 0. The summed E-state index contributed by atoms with van der Waals surface area (Å²) in [6, 6.07) is 17.2. The third-order valence-corrected chi connectivity index (χ3v) is 3.64. The quantitative estimate of drug-likeness (QED) is 0.779. The van der Waals surface area contributed by atoms with E-state index in [2.05, 4.69) is 79.9 Å². The molecule has 0 aliphatic carbocycles. The van der Waals surface area contributed by atoms with E-state index in [9.17, 15) is 0 Å². The molecule has 0 atom stereocenters. The molecule has 0 saturated carbocycles. The largest absolute Gasteiger partial charge is 0.360 e. The molecule has 3 rings (SSSR count). The molecule has 1 aliphatic heterocycles. The molecule has 19 heavy (non-hydrogen) atoms. The fourth-order valence-electron chi connectivity index (χ4n) is 2.42. The molecule has 0 bridgehead atoms. The Morgan fingerprint density at radius 3 is 1.79 bits per heavy atom. The van der Waals surface area contributed by atoms with E-state index in [0.29, 0.717) is 0 Å². The van der Waals surface area contributed by atoms with Gasteiger partial charge in [0.2, 0.25) is 0 Å². The Kier molecular flexibility index (Phi) is 2.74. The lowest BCUT2D eigenvalue weighted by Gasteiger charge is -2.20. The summed E-state index contributed by atoms with van der Waals surface area (Å²) in [6.45, 7) is 6.72. The SMILES string of the molecule is CC(C)(C)c1ccc(C2Nc3ccccc3N2)cc1. The Hall–Kier alpha value is -1.96. The van der Waals surface area contributed by atoms with Crippen molar-refractivity contribution in [2.45, 2.75) is 32.4 Å². The number of rotatable bonds is 1. The molecule has 0 radical (unpaired) electrons. The number of hydrogen-bond acceptors (Lipinski definition) is 2. The lowest BCUT2D eigenvalue weighted by atomic mass is 9.86. The first-order chi connectivity index (χ1) is 9.04. The van der Waals surface area contributed by atoms with E-state index in [-0.39, 0.29) is 11.6 Å². The number of benzene rings is 2. The second-order valence-corrected chi connectivity index (χ2v) is 6.14. The van der Waals surface area contributed by atoms with E-state index in [1.165, 1.54) is 22.5 Å². The zero-order valence-electron chi connectivity index (χ0n) is 11.7. The van der Waals surface area contributed by atoms with Gasteiger partial charge in [0.25, 0.3) is 0 Å². The molecule has 0 aromatic heterocycles. The maximum absolute atomic E-state index is 3.50. The third kappa shape index (κ3) is 2.30. The Morgan fingerprint density at radius 1 is 0.789 bits per heavy atom. The van der Waals surface area contributed by atoms with Crippen molar-refractivity contribution in [3.05, 3.63) is 59.7 Å². The highest BCUT2D eigenvalue weighted by Gasteiger charge is 2.21. The van der Waals surface area contributed by atoms with Crippen molar-refractivity contribution < 1.29 is 0 Å². The Balaban J connectivity index is 1.82. The summed E-state index contributed by atoms with van der Waals surface area (Å²) in [7, 11) is 0. The molecule has 1 aliphatic rings. The summed E-state index contributed by atoms with van der Waals surface area (Å²) in [5.41, 5.74) is 5.19. The topological polar surface area (TPSA) is 24.1 Å². The van der Waals surface area contributed by atoms with Crippen LogP contribution >= 0.6 is 0 Å². The van der Waals surface area contributed by atoms with Gasteiger partial charge in [0.05, 0.1) is 11.4 Å². The Bertz CT molecular complexity index is 554. The van der Waals surface area contributed by atoms with Gasteiger partial charge in [0.15, 0.2) is 0 Å². The molecule has 2 heteroatoms. The molecule has 0 amide bonds. The zero-order chi connectivity index (χ0) is 13.5. The van der Waals surface area contributed by atoms with Gasteiger partial charge in [0, 0.05) is 0 Å². The summed E-state index contributed by atoms with van der Waals surface area (Å²) in [6.07, 6.45) is 0.173. The van der Waals surface area contributed by atoms with Crippen LogP contribution in [0.5, 0.6) is 0 Å². The molecule has 1 heterocycles. The van der Waals surface area contributed by atoms with E-state index in [4.69, 9.17) is 0 Å². The van der Waals surface area contributed by atoms with Crippen LogP contribution in [0.15, 0.2) is 48.5 Å². The summed E-state index contributed by atoms with van der Waals surface area (Å²) in [4.78, 5) is 0. The van der Waals surface area contributed by atoms with Crippen LogP contribution in [0.2, 0.25) is 0 Å². The number of nitrogens with one attached hydrogen (secondary N) is 2. The molecule has 0 fully saturated rings. The second-order valence-electron chi connectivity index (χ2n) is 6.14. The smallest absolute Gasteiger partial charge is 0.123 e. The minimum atomic E-state index is 0.173. The van der Waals surface area contributed by atoms with Crippen LogP contribution in [0.4, 0.5) is 11.4 Å². The van der Waals surface area contributed by atoms with Gasteiger partial charge in [-0.1, -0.05) is 57.2 Å². The summed E-state index contributed by atoms with van der Waals surface area (Å²) >= 11 is 0. The highest BCUT2D eigenvalue weighted by molar-refractivity contribution is 5.74. The maximum atomic E-state index is 3.50. The van der Waals surface area contributed by atoms with Crippen LogP contribution in [0, 0.1) is 0 Å². The van der Waals surface area contributed by atoms with Gasteiger partial charge in [-0.05, 0) is 28.7 Å². The second kappa shape index (κ2) is 4.30. The fourth-order valence-corrected chi connectivity index (χ4v) is 2.42. The Labute approximate surface area is 114 Å². The molecular weight excluding hydrogens is 232 g/mol. The monoisotopic (exact) mass is 252 g/mol. The van der Waals surface area contributed by atoms with E-state index in [1.807, 2.05) is 0 Å². The first-order valence-electron chi connectivity index (χ1n) is 6.76. The van der Waals surface area contributed by atoms with Crippen molar-refractivity contribution in [1.29, 1.82) is 0 Å². The van der Waals surface area contributed by atoms with Crippen molar-refractivity contribution in [2.24, 2.45) is 0 Å². The van der Waals surface area contributed by atoms with Crippen molar-refractivity contribution in [3.8, 4) is 0 Å². The minimum Gasteiger partial charge on any atom is -0.360 e. The number of anilines is 2. The van der Waals surface area contributed by atoms with Gasteiger partial charge in [-0.15, -0.1) is 0 Å². The van der Waals surface area contributed by atoms with E-state index in [1.54, 1.807) is 0 Å². The van der Waals surface area contributed by atoms with Crippen molar-refractivity contribution in [3.63, 3.8) is 0 Å². The number of hydrogen-bond donors (Lipinski definition) is 2. The minimum absolute atomic E-state index is 0.173. The zero-order valence-corrected chi connectivity index (χ0v) is 11.7. The van der Waals surface area contributed by atoms with E-state index >= 15 is 0 Å². The molecular formula is C17H20N2. The van der Waals surface area contributed by atoms with Crippen LogP contribution in [0.25, 0.3) is 0 Å². The van der Waals surface area contributed by atoms with Crippen LogP contribution in [-0.2, 0) is 5.41 Å². The molecule has 2 nitrogen and oxygen atoms in total. The first-order valence-corrected chi connectivity index (χ1v) is 6.76. The van der Waals surface area contributed by atoms with Crippen molar-refractivity contribution in [1.82, 2.24) is 0 Å². The predicted octanol–water partition coefficient (Wildman–Crippen LogP) is 4.52. The van der Waals surface area contributed by atoms with Crippen LogP contribution in [-0.4, -0.2) is 0 Å². The van der Waals surface area contributed by atoms with Crippen LogP contribution in [0.1, 0.15) is 38.1 Å². The number of para-hydroxylation sites is 2. The van der Waals surface area contributed by atoms with Gasteiger partial charge in [-0.25, -0.2) is 0 Å². The van der Waals surface area contributed by atoms with E-state index < -0.39 is 0 Å². The lowest BCUT2D eigenvalue weighted by Crippen LogP contribution is -2.14. The first kappa shape index (κ1) is 12.1. The average molecular weight is 252 g/mol. The van der Waals surface area contributed by atoms with Gasteiger partial charge in [-0.2, -0.15) is 0 Å². The predicted molar refractivity (Wildman–Crippen MR) is 81.6 cm³/mol. The number of fused-ring (bicyclic) bond motifs is 1. The third-order valence-electron chi connectivity index (χ3n) is 3.64. The average Bonchev–Trinajstić information content (AvgIpc) is 2.81. The molecule has 98 valence electrons. The van der Waals surface area contributed by atoms with Crippen LogP contribution in [0.3, 0.4) is 0 Å². The van der Waals surface area contributed by atoms with Gasteiger partial charge < -0.3 is 10.6 Å². The Morgan fingerprint density at radius 2 is 1.32 bits per heavy atom. The van der Waals surface area contributed by atoms with E-state index in [0.717, 1.165) is 0 Å². The maximum Gasteiger partial charge on any atom is 0.123 e. The summed E-state index contributed by atoms with van der Waals surface area (Å²) in [5, 5.41) is 7.00. The molecule has 2 aromatic rings. The molecule has 0 saturated heterocycles. The molecule has 0 unspecified atom stereocenters. The molecule has 0 spiro atoms. The van der Waals surface area contributed by atoms with Gasteiger partial charge >= 0.3 is 0 Å². The molecule has 2 aromatic carbocycles. The summed E-state index contributed by atoms with van der Waals surface area (Å²) < 4.78 is 0. The normalized spacial score (nSPS) is 14.7. The van der Waals surface area contributed by atoms with Gasteiger partial charge in [-0.3, -0.25) is 0 Å². The van der Waals surface area contributed by atoms with Crippen LogP contribution < -0.4 is 10.6 Å². The molecule has 2 N–H and O–H groups in total. The highest BCUT2D eigenvalue weighted by atomic mass is 15.2. The van der Waals surface area contributed by atoms with Crippen molar-refractivity contribution >= 4 is 11.4 Å².